The average Bonchev–Trinajstić information content (AvgIpc) is 3.31. The van der Waals surface area contributed by atoms with Crippen LogP contribution in [-0.2, 0) is 32.7 Å². The Bertz CT molecular complexity index is 1270. The van der Waals surface area contributed by atoms with Gasteiger partial charge in [-0.25, -0.2) is 4.57 Å². The number of hydrogen-bond acceptors (Lipinski definition) is 12. The van der Waals surface area contributed by atoms with Gasteiger partial charge in [0.25, 0.3) is 0 Å². The van der Waals surface area contributed by atoms with Gasteiger partial charge >= 0.3 is 19.8 Å². The van der Waals surface area contributed by atoms with Crippen molar-refractivity contribution in [1.82, 2.24) is 0 Å². The first-order chi connectivity index (χ1) is 32.4. The van der Waals surface area contributed by atoms with E-state index in [9.17, 15) is 44.6 Å². The maximum absolute atomic E-state index is 12.9. The SMILES string of the molecule is CCCCC/C=C/C/C=C/CCCCCCCCCC(=O)O[C@@H](COC(=O)CCCCCCCCCCCCCCCCCCCCCCC)COP(=O)(O)OC1C(O)C(O)C(O)[C@H](O)C1O. The fourth-order valence-electron chi connectivity index (χ4n) is 8.44. The van der Waals surface area contributed by atoms with Gasteiger partial charge in [-0.05, 0) is 44.9 Å². The Morgan fingerprint density at radius 2 is 0.806 bits per heavy atom. The van der Waals surface area contributed by atoms with Gasteiger partial charge in [0, 0.05) is 12.8 Å². The van der Waals surface area contributed by atoms with Crippen LogP contribution < -0.4 is 0 Å². The number of unbranched alkanes of at least 4 members (excludes halogenated alkanes) is 30. The second kappa shape index (κ2) is 43.1. The molecule has 1 rings (SSSR count). The summed E-state index contributed by atoms with van der Waals surface area (Å²) in [6.45, 7) is 3.31. The van der Waals surface area contributed by atoms with Crippen LogP contribution in [0, 0.1) is 0 Å². The molecule has 6 unspecified atom stereocenters. The number of hydrogen-bond donors (Lipinski definition) is 6. The Kier molecular flexibility index (Phi) is 40.8. The number of carbonyl (C=O) groups excluding carboxylic acids is 2. The zero-order valence-corrected chi connectivity index (χ0v) is 43.1. The van der Waals surface area contributed by atoms with E-state index < -0.39 is 75.7 Å². The molecule has 0 amide bonds. The van der Waals surface area contributed by atoms with Crippen LogP contribution >= 0.6 is 7.82 Å². The van der Waals surface area contributed by atoms with E-state index in [0.29, 0.717) is 12.8 Å². The Labute approximate surface area is 406 Å². The Morgan fingerprint density at radius 1 is 0.463 bits per heavy atom. The van der Waals surface area contributed by atoms with Crippen LogP contribution in [0.25, 0.3) is 0 Å². The molecule has 0 bridgehead atoms. The summed E-state index contributed by atoms with van der Waals surface area (Å²) >= 11 is 0. The maximum atomic E-state index is 12.9. The zero-order valence-electron chi connectivity index (χ0n) is 42.2. The summed E-state index contributed by atoms with van der Waals surface area (Å²) in [4.78, 5) is 35.9. The lowest BCUT2D eigenvalue weighted by Gasteiger charge is -2.41. The molecule has 1 aliphatic rings. The van der Waals surface area contributed by atoms with Crippen LogP contribution in [0.1, 0.15) is 245 Å². The Balaban J connectivity index is 2.35. The lowest BCUT2D eigenvalue weighted by atomic mass is 9.85. The summed E-state index contributed by atoms with van der Waals surface area (Å²) in [5, 5.41) is 50.3. The number of aliphatic hydroxyl groups is 5. The van der Waals surface area contributed by atoms with E-state index in [-0.39, 0.29) is 12.8 Å². The molecule has 0 radical (unpaired) electrons. The molecule has 13 nitrogen and oxygen atoms in total. The van der Waals surface area contributed by atoms with Crippen molar-refractivity contribution in [2.75, 3.05) is 13.2 Å². The van der Waals surface area contributed by atoms with Crippen molar-refractivity contribution in [1.29, 1.82) is 0 Å². The van der Waals surface area contributed by atoms with Crippen LogP contribution in [0.5, 0.6) is 0 Å². The van der Waals surface area contributed by atoms with E-state index in [1.807, 2.05) is 0 Å². The minimum absolute atomic E-state index is 0.0909. The molecular weight excluding hydrogens is 876 g/mol. The maximum Gasteiger partial charge on any atom is 0.472 e. The highest BCUT2D eigenvalue weighted by molar-refractivity contribution is 7.47. The van der Waals surface area contributed by atoms with Crippen molar-refractivity contribution in [3.05, 3.63) is 24.3 Å². The van der Waals surface area contributed by atoms with Crippen molar-refractivity contribution < 1.29 is 63.1 Å². The smallest absolute Gasteiger partial charge is 0.462 e. The summed E-state index contributed by atoms with van der Waals surface area (Å²) in [5.74, 6) is -1.10. The molecule has 1 saturated carbocycles. The fraction of sp³-hybridized carbons (Fsp3) is 0.887. The van der Waals surface area contributed by atoms with E-state index in [4.69, 9.17) is 18.5 Å². The van der Waals surface area contributed by atoms with Crippen molar-refractivity contribution in [3.8, 4) is 0 Å². The number of aliphatic hydroxyl groups excluding tert-OH is 5. The largest absolute Gasteiger partial charge is 0.472 e. The molecular formula is C53H99O13P. The summed E-state index contributed by atoms with van der Waals surface area (Å²) in [6, 6.07) is 0. The first-order valence-electron chi connectivity index (χ1n) is 27.1. The van der Waals surface area contributed by atoms with Crippen LogP contribution in [0.15, 0.2) is 24.3 Å². The number of phosphoric ester groups is 1. The van der Waals surface area contributed by atoms with E-state index in [0.717, 1.165) is 77.0 Å². The molecule has 394 valence electrons. The number of ether oxygens (including phenoxy) is 2. The second-order valence-electron chi connectivity index (χ2n) is 19.1. The molecule has 14 heteroatoms. The molecule has 0 aromatic rings. The van der Waals surface area contributed by atoms with Crippen molar-refractivity contribution in [2.45, 2.75) is 288 Å². The first kappa shape index (κ1) is 63.3. The summed E-state index contributed by atoms with van der Waals surface area (Å²) in [5.41, 5.74) is 0. The van der Waals surface area contributed by atoms with Gasteiger partial charge in [0.2, 0.25) is 0 Å². The standard InChI is InChI=1S/C53H99O13P/c1-3-5-7-9-11-13-15-17-19-21-22-23-24-26-27-29-31-33-35-37-39-41-46(54)63-43-45(44-64-67(61,62)66-53-51(59)49(57)48(56)50(58)52(53)60)65-47(55)42-40-38-36-34-32-30-28-25-20-18-16-14-12-10-8-6-4-2/h12,14,18,20,45,48-53,56-60H,3-11,13,15-17,19,21-44H2,1-2H3,(H,61,62)/b14-12+,20-18+/t45-,48?,49-,50?,51?,52?,53?/m0/s1. The first-order valence-corrected chi connectivity index (χ1v) is 28.6. The van der Waals surface area contributed by atoms with Gasteiger partial charge in [-0.3, -0.25) is 18.6 Å². The molecule has 1 aliphatic carbocycles. The highest BCUT2D eigenvalue weighted by Gasteiger charge is 2.51. The van der Waals surface area contributed by atoms with Gasteiger partial charge in [-0.15, -0.1) is 0 Å². The monoisotopic (exact) mass is 975 g/mol. The molecule has 6 N–H and O–H groups in total. The number of allylic oxidation sites excluding steroid dienone is 4. The van der Waals surface area contributed by atoms with E-state index in [1.165, 1.54) is 128 Å². The van der Waals surface area contributed by atoms with Gasteiger partial charge in [-0.2, -0.15) is 0 Å². The zero-order chi connectivity index (χ0) is 49.2. The average molecular weight is 975 g/mol. The second-order valence-corrected chi connectivity index (χ2v) is 20.5. The molecule has 0 aliphatic heterocycles. The number of carbonyl (C=O) groups is 2. The summed E-state index contributed by atoms with van der Waals surface area (Å²) < 4.78 is 33.7. The van der Waals surface area contributed by atoms with Crippen molar-refractivity contribution in [2.24, 2.45) is 0 Å². The summed E-state index contributed by atoms with van der Waals surface area (Å²) in [7, 11) is -5.12. The normalized spacial score (nSPS) is 21.3. The molecule has 0 aromatic heterocycles. The highest BCUT2D eigenvalue weighted by atomic mass is 31.2. The third-order valence-corrected chi connectivity index (χ3v) is 13.8. The lowest BCUT2D eigenvalue weighted by Crippen LogP contribution is -2.64. The number of esters is 2. The van der Waals surface area contributed by atoms with Gasteiger partial charge in [0.05, 0.1) is 6.61 Å². The van der Waals surface area contributed by atoms with Gasteiger partial charge in [0.1, 0.15) is 43.2 Å². The molecule has 1 fully saturated rings. The molecule has 8 atom stereocenters. The Morgan fingerprint density at radius 3 is 1.24 bits per heavy atom. The van der Waals surface area contributed by atoms with Crippen LogP contribution in [0.3, 0.4) is 0 Å². The Hall–Kier alpha value is -1.67. The van der Waals surface area contributed by atoms with Gasteiger partial charge in [0.15, 0.2) is 6.10 Å². The van der Waals surface area contributed by atoms with Crippen LogP contribution in [0.2, 0.25) is 0 Å². The third kappa shape index (κ3) is 35.1. The third-order valence-electron chi connectivity index (χ3n) is 12.8. The van der Waals surface area contributed by atoms with Crippen molar-refractivity contribution >= 4 is 19.8 Å². The predicted molar refractivity (Wildman–Crippen MR) is 267 cm³/mol. The number of phosphoric acid groups is 1. The van der Waals surface area contributed by atoms with Crippen LogP contribution in [-0.4, -0.2) is 98.3 Å². The predicted octanol–water partition coefficient (Wildman–Crippen LogP) is 12.0. The van der Waals surface area contributed by atoms with E-state index in [2.05, 4.69) is 38.2 Å². The number of rotatable bonds is 46. The molecule has 0 aromatic carbocycles. The molecule has 0 spiro atoms. The van der Waals surface area contributed by atoms with Crippen LogP contribution in [0.4, 0.5) is 0 Å². The summed E-state index contributed by atoms with van der Waals surface area (Å²) in [6.07, 6.45) is 36.5. The van der Waals surface area contributed by atoms with E-state index >= 15 is 0 Å². The quantitative estimate of drug-likeness (QED) is 0.0145. The van der Waals surface area contributed by atoms with Crippen molar-refractivity contribution in [3.63, 3.8) is 0 Å². The molecule has 67 heavy (non-hydrogen) atoms. The molecule has 0 saturated heterocycles. The highest BCUT2D eigenvalue weighted by Crippen LogP contribution is 2.47. The van der Waals surface area contributed by atoms with E-state index in [1.54, 1.807) is 0 Å². The lowest BCUT2D eigenvalue weighted by molar-refractivity contribution is -0.220. The van der Waals surface area contributed by atoms with Gasteiger partial charge < -0.3 is 39.9 Å². The van der Waals surface area contributed by atoms with Gasteiger partial charge in [-0.1, -0.05) is 212 Å². The minimum atomic E-state index is -5.12. The fourth-order valence-corrected chi connectivity index (χ4v) is 9.41. The molecule has 0 heterocycles. The minimum Gasteiger partial charge on any atom is -0.462 e. The topological polar surface area (TPSA) is 210 Å².